The molecular weight excluding hydrogens is 312 g/mol. The van der Waals surface area contributed by atoms with Crippen molar-refractivity contribution in [2.45, 2.75) is 24.3 Å². The molecule has 0 aliphatic rings. The Morgan fingerprint density at radius 3 is 2.71 bits per heavy atom. The molecule has 0 aliphatic carbocycles. The van der Waals surface area contributed by atoms with E-state index in [1.54, 1.807) is 24.3 Å². The lowest BCUT2D eigenvalue weighted by Gasteiger charge is -2.17. The summed E-state index contributed by atoms with van der Waals surface area (Å²) in [5.74, 6) is 0. The number of rotatable bonds is 5. The SMILES string of the molecule is CCC(NS(=O)(=O)c1c[nH]ccc1=O)c1cccc(Cl)c1. The van der Waals surface area contributed by atoms with Crippen LogP contribution in [0.4, 0.5) is 0 Å². The molecule has 2 N–H and O–H groups in total. The van der Waals surface area contributed by atoms with E-state index in [9.17, 15) is 13.2 Å². The Hall–Kier alpha value is -1.63. The highest BCUT2D eigenvalue weighted by atomic mass is 35.5. The van der Waals surface area contributed by atoms with Gasteiger partial charge in [-0.05, 0) is 24.1 Å². The summed E-state index contributed by atoms with van der Waals surface area (Å²) in [4.78, 5) is 14.0. The molecule has 1 aromatic carbocycles. The summed E-state index contributed by atoms with van der Waals surface area (Å²) >= 11 is 5.93. The first-order chi connectivity index (χ1) is 9.94. The number of benzene rings is 1. The molecule has 0 aliphatic heterocycles. The molecule has 0 saturated heterocycles. The molecule has 0 spiro atoms. The molecule has 1 atom stereocenters. The molecule has 1 heterocycles. The molecule has 0 radical (unpaired) electrons. The quantitative estimate of drug-likeness (QED) is 0.885. The number of hydrogen-bond donors (Lipinski definition) is 2. The van der Waals surface area contributed by atoms with E-state index in [-0.39, 0.29) is 4.90 Å². The Morgan fingerprint density at radius 2 is 2.10 bits per heavy atom. The van der Waals surface area contributed by atoms with Gasteiger partial charge in [-0.25, -0.2) is 13.1 Å². The normalized spacial score (nSPS) is 13.0. The van der Waals surface area contributed by atoms with Crippen LogP contribution in [-0.2, 0) is 10.0 Å². The molecule has 1 aromatic heterocycles. The van der Waals surface area contributed by atoms with Crippen LogP contribution in [0.15, 0.2) is 52.4 Å². The number of hydrogen-bond acceptors (Lipinski definition) is 3. The summed E-state index contributed by atoms with van der Waals surface area (Å²) in [5, 5.41) is 0.530. The van der Waals surface area contributed by atoms with Gasteiger partial charge in [0.2, 0.25) is 15.5 Å². The predicted molar refractivity (Wildman–Crippen MR) is 81.9 cm³/mol. The largest absolute Gasteiger partial charge is 0.366 e. The average molecular weight is 327 g/mol. The van der Waals surface area contributed by atoms with Crippen LogP contribution in [0.3, 0.4) is 0 Å². The molecule has 21 heavy (non-hydrogen) atoms. The number of H-pyrrole nitrogens is 1. The lowest BCUT2D eigenvalue weighted by molar-refractivity contribution is 0.549. The van der Waals surface area contributed by atoms with Gasteiger partial charge in [0.25, 0.3) is 0 Å². The maximum Gasteiger partial charge on any atom is 0.246 e. The van der Waals surface area contributed by atoms with Gasteiger partial charge in [-0.15, -0.1) is 0 Å². The van der Waals surface area contributed by atoms with Crippen molar-refractivity contribution in [2.24, 2.45) is 0 Å². The summed E-state index contributed by atoms with van der Waals surface area (Å²) in [7, 11) is -3.90. The molecular formula is C14H15ClN2O3S. The van der Waals surface area contributed by atoms with Crippen molar-refractivity contribution in [2.75, 3.05) is 0 Å². The standard InChI is InChI=1S/C14H15ClN2O3S/c1-2-12(10-4-3-5-11(15)8-10)17-21(19,20)14-9-16-7-6-13(14)18/h3-9,12,17H,2H2,1H3,(H,16,18). The van der Waals surface area contributed by atoms with E-state index < -0.39 is 21.5 Å². The van der Waals surface area contributed by atoms with E-state index in [1.807, 2.05) is 6.92 Å². The van der Waals surface area contributed by atoms with Crippen LogP contribution in [0.1, 0.15) is 24.9 Å². The van der Waals surface area contributed by atoms with Crippen LogP contribution in [0, 0.1) is 0 Å². The maximum atomic E-state index is 12.3. The number of halogens is 1. The van der Waals surface area contributed by atoms with Crippen molar-refractivity contribution in [3.05, 3.63) is 63.5 Å². The molecule has 5 nitrogen and oxygen atoms in total. The number of aromatic amines is 1. The molecule has 2 rings (SSSR count). The number of aromatic nitrogens is 1. The Bertz CT molecular complexity index is 787. The van der Waals surface area contributed by atoms with Gasteiger partial charge in [-0.1, -0.05) is 30.7 Å². The lowest BCUT2D eigenvalue weighted by atomic mass is 10.1. The minimum Gasteiger partial charge on any atom is -0.366 e. The average Bonchev–Trinajstić information content (AvgIpc) is 2.45. The summed E-state index contributed by atoms with van der Waals surface area (Å²) in [6, 6.07) is 7.69. The van der Waals surface area contributed by atoms with Crippen molar-refractivity contribution < 1.29 is 8.42 Å². The molecule has 0 fully saturated rings. The Kier molecular flexibility index (Phi) is 4.82. The first-order valence-electron chi connectivity index (χ1n) is 6.39. The van der Waals surface area contributed by atoms with Crippen molar-refractivity contribution in [3.63, 3.8) is 0 Å². The van der Waals surface area contributed by atoms with Gasteiger partial charge in [0, 0.05) is 29.5 Å². The zero-order valence-electron chi connectivity index (χ0n) is 11.3. The van der Waals surface area contributed by atoms with E-state index in [1.165, 1.54) is 18.5 Å². The smallest absolute Gasteiger partial charge is 0.246 e. The number of sulfonamides is 1. The van der Waals surface area contributed by atoms with Crippen molar-refractivity contribution >= 4 is 21.6 Å². The van der Waals surface area contributed by atoms with E-state index in [0.29, 0.717) is 11.4 Å². The second-order valence-electron chi connectivity index (χ2n) is 4.51. The van der Waals surface area contributed by atoms with Gasteiger partial charge in [-0.3, -0.25) is 4.79 Å². The van der Waals surface area contributed by atoms with E-state index in [2.05, 4.69) is 9.71 Å². The van der Waals surface area contributed by atoms with Crippen LogP contribution >= 0.6 is 11.6 Å². The number of nitrogens with one attached hydrogen (secondary N) is 2. The first kappa shape index (κ1) is 15.8. The monoisotopic (exact) mass is 326 g/mol. The van der Waals surface area contributed by atoms with Gasteiger partial charge in [0.05, 0.1) is 0 Å². The van der Waals surface area contributed by atoms with E-state index in [0.717, 1.165) is 5.56 Å². The fraction of sp³-hybridized carbons (Fsp3) is 0.214. The molecule has 2 aromatic rings. The van der Waals surface area contributed by atoms with Crippen LogP contribution < -0.4 is 10.2 Å². The van der Waals surface area contributed by atoms with Crippen LogP contribution in [0.5, 0.6) is 0 Å². The molecule has 0 saturated carbocycles. The highest BCUT2D eigenvalue weighted by Gasteiger charge is 2.22. The fourth-order valence-corrected chi connectivity index (χ4v) is 3.53. The lowest BCUT2D eigenvalue weighted by Crippen LogP contribution is -2.31. The Morgan fingerprint density at radius 1 is 1.33 bits per heavy atom. The zero-order chi connectivity index (χ0) is 15.5. The summed E-state index contributed by atoms with van der Waals surface area (Å²) in [6.07, 6.45) is 3.09. The molecule has 0 amide bonds. The van der Waals surface area contributed by atoms with Crippen molar-refractivity contribution in [1.29, 1.82) is 0 Å². The van der Waals surface area contributed by atoms with Crippen LogP contribution in [-0.4, -0.2) is 13.4 Å². The van der Waals surface area contributed by atoms with E-state index in [4.69, 9.17) is 11.6 Å². The summed E-state index contributed by atoms with van der Waals surface area (Å²) < 4.78 is 27.2. The Balaban J connectivity index is 2.34. The Labute approximate surface area is 128 Å². The van der Waals surface area contributed by atoms with Crippen LogP contribution in [0.2, 0.25) is 5.02 Å². The molecule has 7 heteroatoms. The third-order valence-corrected chi connectivity index (χ3v) is 4.76. The third-order valence-electron chi connectivity index (χ3n) is 3.03. The minimum absolute atomic E-state index is 0.300. The van der Waals surface area contributed by atoms with Gasteiger partial charge in [0.15, 0.2) is 0 Å². The maximum absolute atomic E-state index is 12.3. The van der Waals surface area contributed by atoms with Crippen molar-refractivity contribution in [3.8, 4) is 0 Å². The van der Waals surface area contributed by atoms with Crippen LogP contribution in [0.25, 0.3) is 0 Å². The predicted octanol–water partition coefficient (Wildman–Crippen LogP) is 2.46. The second-order valence-corrected chi connectivity index (χ2v) is 6.63. The van der Waals surface area contributed by atoms with Gasteiger partial charge >= 0.3 is 0 Å². The molecule has 1 unspecified atom stereocenters. The highest BCUT2D eigenvalue weighted by Crippen LogP contribution is 2.22. The fourth-order valence-electron chi connectivity index (χ4n) is 1.97. The number of pyridine rings is 1. The van der Waals surface area contributed by atoms with Gasteiger partial charge in [-0.2, -0.15) is 0 Å². The third kappa shape index (κ3) is 3.72. The second kappa shape index (κ2) is 6.43. The molecule has 112 valence electrons. The van der Waals surface area contributed by atoms with E-state index >= 15 is 0 Å². The molecule has 0 bridgehead atoms. The van der Waals surface area contributed by atoms with Gasteiger partial charge < -0.3 is 4.98 Å². The minimum atomic E-state index is -3.90. The first-order valence-corrected chi connectivity index (χ1v) is 8.25. The summed E-state index contributed by atoms with van der Waals surface area (Å²) in [5.41, 5.74) is 0.197. The zero-order valence-corrected chi connectivity index (χ0v) is 12.9. The summed E-state index contributed by atoms with van der Waals surface area (Å²) in [6.45, 7) is 1.85. The van der Waals surface area contributed by atoms with Gasteiger partial charge in [0.1, 0.15) is 4.90 Å². The highest BCUT2D eigenvalue weighted by molar-refractivity contribution is 7.89. The topological polar surface area (TPSA) is 79.0 Å². The van der Waals surface area contributed by atoms with Crippen molar-refractivity contribution in [1.82, 2.24) is 9.71 Å².